The number of nitriles is 1. The highest BCUT2D eigenvalue weighted by molar-refractivity contribution is 6.42. The summed E-state index contributed by atoms with van der Waals surface area (Å²) in [6, 6.07) is 19.0. The number of anilines is 1. The summed E-state index contributed by atoms with van der Waals surface area (Å²) in [6.45, 7) is 0.256. The Morgan fingerprint density at radius 3 is 2.47 bits per heavy atom. The average Bonchev–Trinajstić information content (AvgIpc) is 2.80. The van der Waals surface area contributed by atoms with Gasteiger partial charge in [0.05, 0.1) is 27.9 Å². The zero-order chi connectivity index (χ0) is 23.1. The fourth-order valence-electron chi connectivity index (χ4n) is 2.75. The Hall–Kier alpha value is -3.17. The molecule has 0 saturated carbocycles. The summed E-state index contributed by atoms with van der Waals surface area (Å²) in [5.41, 5.74) is 1.77. The Bertz CT molecular complexity index is 1220. The molecule has 32 heavy (non-hydrogen) atoms. The fourth-order valence-corrected chi connectivity index (χ4v) is 3.25. The molecule has 0 aliphatic carbocycles. The van der Waals surface area contributed by atoms with Crippen molar-refractivity contribution in [1.82, 2.24) is 0 Å². The molecule has 0 heterocycles. The summed E-state index contributed by atoms with van der Waals surface area (Å²) in [5.74, 6) is 0.372. The van der Waals surface area contributed by atoms with Crippen molar-refractivity contribution in [3.63, 3.8) is 0 Å². The van der Waals surface area contributed by atoms with Crippen LogP contribution in [-0.4, -0.2) is 13.0 Å². The highest BCUT2D eigenvalue weighted by Crippen LogP contribution is 2.31. The van der Waals surface area contributed by atoms with E-state index in [0.29, 0.717) is 37.8 Å². The van der Waals surface area contributed by atoms with Crippen LogP contribution in [0.25, 0.3) is 6.08 Å². The van der Waals surface area contributed by atoms with Gasteiger partial charge in [-0.3, -0.25) is 4.79 Å². The summed E-state index contributed by atoms with van der Waals surface area (Å²) >= 11 is 18.0. The number of amides is 1. The number of nitrogens with zero attached hydrogens (tertiary/aromatic N) is 1. The van der Waals surface area contributed by atoms with Crippen LogP contribution < -0.4 is 14.8 Å². The first kappa shape index (κ1) is 23.5. The van der Waals surface area contributed by atoms with E-state index in [0.717, 1.165) is 5.56 Å². The second-order valence-corrected chi connectivity index (χ2v) is 7.77. The smallest absolute Gasteiger partial charge is 0.266 e. The van der Waals surface area contributed by atoms with Crippen molar-refractivity contribution in [1.29, 1.82) is 5.26 Å². The summed E-state index contributed by atoms with van der Waals surface area (Å²) < 4.78 is 11.2. The molecule has 0 aliphatic heterocycles. The minimum absolute atomic E-state index is 0.0866. The predicted molar refractivity (Wildman–Crippen MR) is 127 cm³/mol. The standard InChI is InChI=1S/C24H17Cl3N2O3/c1-31-23-12-15(7-9-22(23)32-14-16-6-8-18(25)20(27)11-16)10-17(13-28)24(30)29-21-5-3-2-4-19(21)26/h2-12H,14H2,1H3,(H,29,30)/b17-10+. The Morgan fingerprint density at radius 2 is 1.78 bits per heavy atom. The molecule has 0 unspecified atom stereocenters. The number of rotatable bonds is 7. The largest absolute Gasteiger partial charge is 0.493 e. The van der Waals surface area contributed by atoms with Crippen molar-refractivity contribution >= 4 is 52.5 Å². The number of methoxy groups -OCH3 is 1. The lowest BCUT2D eigenvalue weighted by molar-refractivity contribution is -0.112. The lowest BCUT2D eigenvalue weighted by atomic mass is 10.1. The molecule has 3 aromatic rings. The zero-order valence-electron chi connectivity index (χ0n) is 16.9. The number of halogens is 3. The van der Waals surface area contributed by atoms with Crippen molar-refractivity contribution in [3.8, 4) is 17.6 Å². The van der Waals surface area contributed by atoms with E-state index in [-0.39, 0.29) is 12.2 Å². The van der Waals surface area contributed by atoms with Crippen molar-refractivity contribution in [2.45, 2.75) is 6.61 Å². The van der Waals surface area contributed by atoms with Crippen LogP contribution in [0.4, 0.5) is 5.69 Å². The van der Waals surface area contributed by atoms with Crippen LogP contribution in [0.1, 0.15) is 11.1 Å². The fraction of sp³-hybridized carbons (Fsp3) is 0.0833. The number of ether oxygens (including phenoxy) is 2. The highest BCUT2D eigenvalue weighted by atomic mass is 35.5. The SMILES string of the molecule is COc1cc(/C=C(\C#N)C(=O)Nc2ccccc2Cl)ccc1OCc1ccc(Cl)c(Cl)c1. The van der Waals surface area contributed by atoms with Gasteiger partial charge in [0, 0.05) is 0 Å². The van der Waals surface area contributed by atoms with Gasteiger partial charge in [-0.25, -0.2) is 0 Å². The van der Waals surface area contributed by atoms with Crippen molar-refractivity contribution in [3.05, 3.63) is 92.4 Å². The maximum Gasteiger partial charge on any atom is 0.266 e. The maximum atomic E-state index is 12.5. The van der Waals surface area contributed by atoms with Gasteiger partial charge in [-0.15, -0.1) is 0 Å². The number of hydrogen-bond acceptors (Lipinski definition) is 4. The minimum Gasteiger partial charge on any atom is -0.493 e. The molecule has 3 aromatic carbocycles. The summed E-state index contributed by atoms with van der Waals surface area (Å²) in [7, 11) is 1.50. The van der Waals surface area contributed by atoms with Gasteiger partial charge in [-0.2, -0.15) is 5.26 Å². The Kier molecular flexibility index (Phi) is 8.02. The molecule has 1 amide bonds. The van der Waals surface area contributed by atoms with Crippen LogP contribution in [0.5, 0.6) is 11.5 Å². The highest BCUT2D eigenvalue weighted by Gasteiger charge is 2.13. The van der Waals surface area contributed by atoms with Gasteiger partial charge in [0.25, 0.3) is 5.91 Å². The molecule has 0 aromatic heterocycles. The second-order valence-electron chi connectivity index (χ2n) is 6.55. The monoisotopic (exact) mass is 486 g/mol. The van der Waals surface area contributed by atoms with E-state index < -0.39 is 5.91 Å². The van der Waals surface area contributed by atoms with E-state index in [4.69, 9.17) is 44.3 Å². The van der Waals surface area contributed by atoms with E-state index in [1.54, 1.807) is 54.6 Å². The number of hydrogen-bond donors (Lipinski definition) is 1. The Labute approximate surface area is 200 Å². The van der Waals surface area contributed by atoms with Gasteiger partial charge in [0.1, 0.15) is 18.2 Å². The third-order valence-corrected chi connectivity index (χ3v) is 5.43. The van der Waals surface area contributed by atoms with E-state index in [2.05, 4.69) is 5.32 Å². The van der Waals surface area contributed by atoms with Crippen LogP contribution in [0, 0.1) is 11.3 Å². The van der Waals surface area contributed by atoms with Crippen LogP contribution in [0.3, 0.4) is 0 Å². The number of nitrogens with one attached hydrogen (secondary N) is 1. The van der Waals surface area contributed by atoms with Crippen molar-refractivity contribution in [2.75, 3.05) is 12.4 Å². The lowest BCUT2D eigenvalue weighted by Crippen LogP contribution is -2.13. The van der Waals surface area contributed by atoms with Crippen LogP contribution >= 0.6 is 34.8 Å². The molecule has 8 heteroatoms. The second kappa shape index (κ2) is 10.9. The molecular formula is C24H17Cl3N2O3. The molecule has 0 fully saturated rings. The van der Waals surface area contributed by atoms with E-state index in [1.807, 2.05) is 12.1 Å². The topological polar surface area (TPSA) is 71.3 Å². The van der Waals surface area contributed by atoms with E-state index in [1.165, 1.54) is 13.2 Å². The normalized spacial score (nSPS) is 10.9. The first-order chi connectivity index (χ1) is 15.4. The molecule has 0 atom stereocenters. The third kappa shape index (κ3) is 5.95. The van der Waals surface area contributed by atoms with E-state index in [9.17, 15) is 10.1 Å². The molecule has 1 N–H and O–H groups in total. The number of para-hydroxylation sites is 1. The van der Waals surface area contributed by atoms with Gasteiger partial charge in [-0.1, -0.05) is 59.1 Å². The number of carbonyl (C=O) groups is 1. The average molecular weight is 488 g/mol. The summed E-state index contributed by atoms with van der Waals surface area (Å²) in [6.07, 6.45) is 1.46. The molecule has 0 radical (unpaired) electrons. The van der Waals surface area contributed by atoms with Gasteiger partial charge in [-0.05, 0) is 53.6 Å². The first-order valence-corrected chi connectivity index (χ1v) is 10.5. The lowest BCUT2D eigenvalue weighted by Gasteiger charge is -2.12. The quantitative estimate of drug-likeness (QED) is 0.294. The van der Waals surface area contributed by atoms with Crippen LogP contribution in [-0.2, 0) is 11.4 Å². The van der Waals surface area contributed by atoms with Gasteiger partial charge in [0.2, 0.25) is 0 Å². The summed E-state index contributed by atoms with van der Waals surface area (Å²) in [5, 5.41) is 13.4. The van der Waals surface area contributed by atoms with Gasteiger partial charge < -0.3 is 14.8 Å². The molecular weight excluding hydrogens is 471 g/mol. The Balaban J connectivity index is 1.76. The van der Waals surface area contributed by atoms with E-state index >= 15 is 0 Å². The van der Waals surface area contributed by atoms with Crippen LogP contribution in [0.2, 0.25) is 15.1 Å². The predicted octanol–water partition coefficient (Wildman–Crippen LogP) is 6.78. The molecule has 0 spiro atoms. The van der Waals surface area contributed by atoms with Crippen molar-refractivity contribution < 1.29 is 14.3 Å². The number of carbonyl (C=O) groups excluding carboxylic acids is 1. The minimum atomic E-state index is -0.570. The van der Waals surface area contributed by atoms with Gasteiger partial charge >= 0.3 is 0 Å². The maximum absolute atomic E-state index is 12.5. The number of benzene rings is 3. The third-order valence-electron chi connectivity index (χ3n) is 4.36. The Morgan fingerprint density at radius 1 is 1.00 bits per heavy atom. The molecule has 162 valence electrons. The molecule has 0 saturated heterocycles. The molecule has 0 bridgehead atoms. The molecule has 3 rings (SSSR count). The van der Waals surface area contributed by atoms with Crippen molar-refractivity contribution in [2.24, 2.45) is 0 Å². The summed E-state index contributed by atoms with van der Waals surface area (Å²) in [4.78, 5) is 12.5. The molecule has 0 aliphatic rings. The molecule has 5 nitrogen and oxygen atoms in total. The van der Waals surface area contributed by atoms with Gasteiger partial charge in [0.15, 0.2) is 11.5 Å². The first-order valence-electron chi connectivity index (χ1n) is 9.33. The zero-order valence-corrected chi connectivity index (χ0v) is 19.1. The van der Waals surface area contributed by atoms with Crippen LogP contribution in [0.15, 0.2) is 66.2 Å².